The Morgan fingerprint density at radius 1 is 0.466 bits per heavy atom. The van der Waals surface area contributed by atoms with Gasteiger partial charge < -0.3 is 14.4 Å². The van der Waals surface area contributed by atoms with Crippen molar-refractivity contribution in [3.05, 3.63) is 145 Å². The summed E-state index contributed by atoms with van der Waals surface area (Å²) in [7, 11) is 0. The maximum atomic E-state index is 2.70. The molecule has 10 aromatic rings. The first-order chi connectivity index (χ1) is 28.1. The third-order valence-corrected chi connectivity index (χ3v) is 15.5. The monoisotopic (exact) mass is 781 g/mol. The van der Waals surface area contributed by atoms with E-state index in [4.69, 9.17) is 0 Å². The van der Waals surface area contributed by atoms with Gasteiger partial charge in [-0.3, -0.25) is 0 Å². The molecule has 7 aromatic carbocycles. The molecule has 0 spiro atoms. The lowest BCUT2D eigenvalue weighted by atomic mass is 9.36. The van der Waals surface area contributed by atoms with E-state index in [-0.39, 0.29) is 17.5 Å². The van der Waals surface area contributed by atoms with Crippen LogP contribution in [-0.4, -0.2) is 11.3 Å². The van der Waals surface area contributed by atoms with Gasteiger partial charge in [0.25, 0.3) is 6.71 Å². The summed E-state index contributed by atoms with van der Waals surface area (Å²) < 4.78 is 7.96. The van der Waals surface area contributed by atoms with Crippen molar-refractivity contribution in [2.45, 2.75) is 52.4 Å². The summed E-state index contributed by atoms with van der Waals surface area (Å²) in [4.78, 5) is 5.34. The molecule has 0 radical (unpaired) electrons. The molecule has 0 fully saturated rings. The number of nitrogens with zero attached hydrogens (tertiary/aromatic N) is 3. The van der Waals surface area contributed by atoms with Crippen molar-refractivity contribution in [3.8, 4) is 5.69 Å². The summed E-state index contributed by atoms with van der Waals surface area (Å²) in [5.41, 5.74) is 16.9. The van der Waals surface area contributed by atoms with Crippen LogP contribution in [-0.2, 0) is 10.8 Å². The van der Waals surface area contributed by atoms with Gasteiger partial charge in [-0.25, -0.2) is 0 Å². The average molecular weight is 782 g/mol. The second kappa shape index (κ2) is 11.0. The van der Waals surface area contributed by atoms with E-state index in [1.54, 1.807) is 0 Å². The van der Waals surface area contributed by atoms with Crippen molar-refractivity contribution < 1.29 is 0 Å². The molecule has 3 aliphatic rings. The van der Waals surface area contributed by atoms with Gasteiger partial charge >= 0.3 is 0 Å². The van der Waals surface area contributed by atoms with Gasteiger partial charge in [-0.05, 0) is 93.5 Å². The minimum absolute atomic E-state index is 0.0126. The Morgan fingerprint density at radius 3 is 1.91 bits per heavy atom. The summed E-state index contributed by atoms with van der Waals surface area (Å²) in [5, 5.41) is 6.59. The van der Waals surface area contributed by atoms with Crippen LogP contribution in [0.4, 0.5) is 34.1 Å². The summed E-state index contributed by atoms with van der Waals surface area (Å²) in [6.45, 7) is 14.2. The lowest BCUT2D eigenvalue weighted by molar-refractivity contribution is 0.590. The van der Waals surface area contributed by atoms with Crippen LogP contribution in [0.15, 0.2) is 133 Å². The second-order valence-corrected chi connectivity index (χ2v) is 20.7. The molecule has 0 amide bonds. The Bertz CT molecular complexity index is 3460. The van der Waals surface area contributed by atoms with E-state index in [2.05, 4.69) is 189 Å². The van der Waals surface area contributed by atoms with Crippen LogP contribution in [0.1, 0.15) is 52.7 Å². The second-order valence-electron chi connectivity index (χ2n) is 18.5. The normalized spacial score (nSPS) is 14.3. The van der Waals surface area contributed by atoms with Gasteiger partial charge in [0, 0.05) is 57.2 Å². The molecule has 6 heterocycles. The summed E-state index contributed by atoms with van der Waals surface area (Å²) in [6, 6.07) is 51.3. The van der Waals surface area contributed by atoms with E-state index in [1.807, 2.05) is 22.7 Å². The largest absolute Gasteiger partial charge is 0.309 e. The van der Waals surface area contributed by atoms with E-state index in [0.717, 1.165) is 0 Å². The molecule has 0 unspecified atom stereocenters. The van der Waals surface area contributed by atoms with Gasteiger partial charge in [-0.15, -0.1) is 22.7 Å². The van der Waals surface area contributed by atoms with Crippen molar-refractivity contribution in [1.82, 2.24) is 4.57 Å². The SMILES string of the molecule is CC(C)(C)c1cc2c3c(c1)N1c4c(cccc4-n4c5ccccc5c5cccc1c54)B3c1sc3ccc(C(C)(C)C)cc3c1N2c1cccc2sc3ccccc3c12. The molecular weight excluding hydrogens is 742 g/mol. The highest BCUT2D eigenvalue weighted by molar-refractivity contribution is 7.33. The van der Waals surface area contributed by atoms with Crippen LogP contribution in [0.5, 0.6) is 0 Å². The molecule has 278 valence electrons. The van der Waals surface area contributed by atoms with Gasteiger partial charge in [0.2, 0.25) is 0 Å². The van der Waals surface area contributed by atoms with Gasteiger partial charge in [-0.1, -0.05) is 114 Å². The number of aromatic nitrogens is 1. The molecule has 13 rings (SSSR count). The lowest BCUT2D eigenvalue weighted by Gasteiger charge is -2.46. The molecule has 0 N–H and O–H groups in total. The fourth-order valence-electron chi connectivity index (χ4n) is 10.5. The predicted molar refractivity (Wildman–Crippen MR) is 254 cm³/mol. The van der Waals surface area contributed by atoms with Crippen molar-refractivity contribution in [1.29, 1.82) is 0 Å². The van der Waals surface area contributed by atoms with Gasteiger partial charge in [0.15, 0.2) is 0 Å². The lowest BCUT2D eigenvalue weighted by Crippen LogP contribution is -2.61. The number of rotatable bonds is 1. The fraction of sp³-hybridized carbons (Fsp3) is 0.154. The van der Waals surface area contributed by atoms with Crippen molar-refractivity contribution in [2.75, 3.05) is 9.80 Å². The third kappa shape index (κ3) is 4.14. The zero-order valence-corrected chi connectivity index (χ0v) is 35.1. The molecule has 0 saturated heterocycles. The fourth-order valence-corrected chi connectivity index (χ4v) is 12.9. The zero-order valence-electron chi connectivity index (χ0n) is 33.4. The maximum Gasteiger partial charge on any atom is 0.264 e. The molecule has 3 nitrogen and oxygen atoms in total. The van der Waals surface area contributed by atoms with Crippen LogP contribution >= 0.6 is 22.7 Å². The van der Waals surface area contributed by atoms with Crippen LogP contribution in [0, 0.1) is 0 Å². The van der Waals surface area contributed by atoms with E-state index < -0.39 is 0 Å². The Hall–Kier alpha value is -5.82. The van der Waals surface area contributed by atoms with E-state index in [1.165, 1.54) is 119 Å². The third-order valence-electron chi connectivity index (χ3n) is 13.2. The first kappa shape index (κ1) is 33.2. The number of hydrogen-bond acceptors (Lipinski definition) is 4. The molecule has 0 atom stereocenters. The molecule has 3 aromatic heterocycles. The first-order valence-corrected chi connectivity index (χ1v) is 22.1. The van der Waals surface area contributed by atoms with Gasteiger partial charge in [0.1, 0.15) is 0 Å². The molecule has 58 heavy (non-hydrogen) atoms. The number of thiophene rings is 2. The minimum atomic E-state index is -0.0966. The molecule has 3 aliphatic heterocycles. The Balaban J connectivity index is 1.23. The number of anilines is 6. The van der Waals surface area contributed by atoms with Crippen LogP contribution < -0.4 is 25.5 Å². The molecular formula is C52H40BN3S2. The molecule has 0 aliphatic carbocycles. The Kier molecular flexibility index (Phi) is 6.30. The summed E-state index contributed by atoms with van der Waals surface area (Å²) in [5.74, 6) is 0. The number of benzene rings is 7. The van der Waals surface area contributed by atoms with Crippen LogP contribution in [0.25, 0.3) is 57.8 Å². The van der Waals surface area contributed by atoms with E-state index in [9.17, 15) is 0 Å². The van der Waals surface area contributed by atoms with Crippen molar-refractivity contribution in [2.24, 2.45) is 0 Å². The Morgan fingerprint density at radius 2 is 1.10 bits per heavy atom. The predicted octanol–water partition coefficient (Wildman–Crippen LogP) is 13.4. The molecule has 0 bridgehead atoms. The van der Waals surface area contributed by atoms with E-state index >= 15 is 0 Å². The molecule has 0 saturated carbocycles. The first-order valence-electron chi connectivity index (χ1n) is 20.5. The van der Waals surface area contributed by atoms with Gasteiger partial charge in [0.05, 0.1) is 39.5 Å². The molecule has 6 heteroatoms. The van der Waals surface area contributed by atoms with Crippen LogP contribution in [0.3, 0.4) is 0 Å². The number of para-hydroxylation sites is 3. The van der Waals surface area contributed by atoms with Crippen molar-refractivity contribution >= 4 is 131 Å². The topological polar surface area (TPSA) is 11.4 Å². The van der Waals surface area contributed by atoms with Crippen molar-refractivity contribution in [3.63, 3.8) is 0 Å². The van der Waals surface area contributed by atoms with Crippen LogP contribution in [0.2, 0.25) is 0 Å². The zero-order chi connectivity index (χ0) is 39.0. The summed E-state index contributed by atoms with van der Waals surface area (Å²) >= 11 is 3.90. The highest BCUT2D eigenvalue weighted by Gasteiger charge is 2.48. The maximum absolute atomic E-state index is 2.70. The highest BCUT2D eigenvalue weighted by atomic mass is 32.1. The summed E-state index contributed by atoms with van der Waals surface area (Å²) in [6.07, 6.45) is 0. The number of fused-ring (bicyclic) bond motifs is 14. The van der Waals surface area contributed by atoms with E-state index in [0.29, 0.717) is 0 Å². The van der Waals surface area contributed by atoms with Gasteiger partial charge in [-0.2, -0.15) is 0 Å². The number of hydrogen-bond donors (Lipinski definition) is 0. The smallest absolute Gasteiger partial charge is 0.264 e. The quantitative estimate of drug-likeness (QED) is 0.154. The Labute approximate surface area is 346 Å². The standard InChI is InChI=1S/C52H40BN3S2/c1-51(2,3)29-24-25-43-34(26-29)48-50(58-43)53-35-17-12-21-39-49(35)56(38-20-11-16-32-31-14-7-9-18-36(31)54(39)47(32)38)41-28-30(52(4,5)6)27-40(46(41)53)55(48)37-19-13-23-44-45(37)33-15-8-10-22-42(33)57-44/h7-28H,1-6H3. The minimum Gasteiger partial charge on any atom is -0.309 e. The average Bonchev–Trinajstić information content (AvgIpc) is 3.90. The highest BCUT2D eigenvalue weighted by Crippen LogP contribution is 2.55.